The van der Waals surface area contributed by atoms with Crippen molar-refractivity contribution < 1.29 is 33.0 Å². The summed E-state index contributed by atoms with van der Waals surface area (Å²) in [7, 11) is 0. The van der Waals surface area contributed by atoms with E-state index in [0.717, 1.165) is 17.0 Å². The zero-order valence-electron chi connectivity index (χ0n) is 14.5. The van der Waals surface area contributed by atoms with Crippen molar-refractivity contribution in [3.8, 4) is 0 Å². The number of hydrogen-bond acceptors (Lipinski definition) is 4. The first-order valence-electron chi connectivity index (χ1n) is 8.67. The quantitative estimate of drug-likeness (QED) is 0.801. The van der Waals surface area contributed by atoms with E-state index in [0.29, 0.717) is 32.1 Å². The third-order valence-corrected chi connectivity index (χ3v) is 5.20. The predicted octanol–water partition coefficient (Wildman–Crippen LogP) is 1.32. The molecule has 3 rings (SSSR count). The van der Waals surface area contributed by atoms with Crippen LogP contribution in [0, 0.1) is 23.0 Å². The molecule has 2 aliphatic rings. The lowest BCUT2D eigenvalue weighted by molar-refractivity contribution is -0.154. The van der Waals surface area contributed by atoms with Gasteiger partial charge in [0.2, 0.25) is 11.8 Å². The number of anilines is 1. The summed E-state index contributed by atoms with van der Waals surface area (Å²) in [4.78, 5) is 37.4. The monoisotopic (exact) mass is 382 g/mol. The molecule has 2 heterocycles. The highest BCUT2D eigenvalue weighted by molar-refractivity contribution is 6.00. The molecule has 0 spiro atoms. The van der Waals surface area contributed by atoms with Crippen molar-refractivity contribution in [2.24, 2.45) is 11.3 Å². The van der Waals surface area contributed by atoms with Gasteiger partial charge in [-0.1, -0.05) is 0 Å². The van der Waals surface area contributed by atoms with E-state index in [9.17, 15) is 28.3 Å². The van der Waals surface area contributed by atoms with Crippen molar-refractivity contribution >= 4 is 23.5 Å². The van der Waals surface area contributed by atoms with Gasteiger partial charge in [-0.3, -0.25) is 14.4 Å². The second kappa shape index (κ2) is 7.59. The average Bonchev–Trinajstić information content (AvgIpc) is 3.02. The van der Waals surface area contributed by atoms with Crippen LogP contribution in [0.5, 0.6) is 0 Å². The smallest absolute Gasteiger partial charge is 0.311 e. The first-order chi connectivity index (χ1) is 12.8. The van der Waals surface area contributed by atoms with Crippen LogP contribution < -0.4 is 10.2 Å². The molecule has 0 radical (unpaired) electrons. The zero-order chi connectivity index (χ0) is 19.6. The first kappa shape index (κ1) is 19.2. The van der Waals surface area contributed by atoms with E-state index in [4.69, 9.17) is 4.74 Å². The van der Waals surface area contributed by atoms with Crippen molar-refractivity contribution in [3.63, 3.8) is 0 Å². The number of nitrogens with zero attached hydrogens (tertiary/aromatic N) is 1. The van der Waals surface area contributed by atoms with Gasteiger partial charge in [-0.15, -0.1) is 0 Å². The van der Waals surface area contributed by atoms with Crippen LogP contribution in [0.1, 0.15) is 19.3 Å². The third-order valence-electron chi connectivity index (χ3n) is 5.20. The Morgan fingerprint density at radius 2 is 2.00 bits per heavy atom. The Labute approximate surface area is 154 Å². The van der Waals surface area contributed by atoms with Crippen molar-refractivity contribution in [2.45, 2.75) is 19.3 Å². The van der Waals surface area contributed by atoms with E-state index >= 15 is 0 Å². The lowest BCUT2D eigenvalue weighted by Gasteiger charge is -2.33. The molecule has 1 unspecified atom stereocenters. The molecule has 2 saturated heterocycles. The lowest BCUT2D eigenvalue weighted by Crippen LogP contribution is -2.48. The van der Waals surface area contributed by atoms with Gasteiger partial charge in [-0.05, 0) is 25.0 Å². The van der Waals surface area contributed by atoms with Gasteiger partial charge in [-0.2, -0.15) is 0 Å². The molecular formula is C18H20F2N2O5. The standard InChI is InChI=1S/C18H20F2N2O5/c19-12-1-2-14(13(20)8-12)22-9-11(7-15(22)23)16(24)21-10-18(17(25)26)3-5-27-6-4-18/h1-2,8,11H,3-7,9-10H2,(H,21,24)(H,25,26). The van der Waals surface area contributed by atoms with Gasteiger partial charge >= 0.3 is 5.97 Å². The van der Waals surface area contributed by atoms with Gasteiger partial charge in [0, 0.05) is 38.8 Å². The highest BCUT2D eigenvalue weighted by Gasteiger charge is 2.42. The van der Waals surface area contributed by atoms with Crippen molar-refractivity contribution in [3.05, 3.63) is 29.8 Å². The Kier molecular flexibility index (Phi) is 5.41. The van der Waals surface area contributed by atoms with E-state index in [1.165, 1.54) is 0 Å². The minimum atomic E-state index is -1.08. The number of amides is 2. The van der Waals surface area contributed by atoms with Crippen LogP contribution in [-0.2, 0) is 19.1 Å². The molecule has 1 aromatic rings. The Morgan fingerprint density at radius 3 is 2.63 bits per heavy atom. The second-order valence-corrected chi connectivity index (χ2v) is 6.92. The van der Waals surface area contributed by atoms with Crippen LogP contribution in [0.3, 0.4) is 0 Å². The fourth-order valence-electron chi connectivity index (χ4n) is 3.45. The van der Waals surface area contributed by atoms with Crippen molar-refractivity contribution in [1.29, 1.82) is 0 Å². The predicted molar refractivity (Wildman–Crippen MR) is 89.9 cm³/mol. The van der Waals surface area contributed by atoms with Gasteiger partial charge in [0.05, 0.1) is 17.0 Å². The molecule has 1 atom stereocenters. The Morgan fingerprint density at radius 1 is 1.30 bits per heavy atom. The fourth-order valence-corrected chi connectivity index (χ4v) is 3.45. The van der Waals surface area contributed by atoms with Gasteiger partial charge in [0.25, 0.3) is 0 Å². The lowest BCUT2D eigenvalue weighted by atomic mass is 9.80. The van der Waals surface area contributed by atoms with Crippen LogP contribution in [0.15, 0.2) is 18.2 Å². The number of benzene rings is 1. The molecule has 2 aliphatic heterocycles. The highest BCUT2D eigenvalue weighted by Crippen LogP contribution is 2.31. The maximum absolute atomic E-state index is 13.9. The summed E-state index contributed by atoms with van der Waals surface area (Å²) in [6.07, 6.45) is 0.462. The third kappa shape index (κ3) is 3.92. The van der Waals surface area contributed by atoms with Gasteiger partial charge in [0.1, 0.15) is 11.6 Å². The molecule has 0 saturated carbocycles. The molecule has 2 fully saturated rings. The van der Waals surface area contributed by atoms with E-state index in [1.54, 1.807) is 0 Å². The number of aliphatic carboxylic acids is 1. The number of nitrogens with one attached hydrogen (secondary N) is 1. The summed E-state index contributed by atoms with van der Waals surface area (Å²) in [6.45, 7) is 0.514. The molecule has 9 heteroatoms. The number of carbonyl (C=O) groups excluding carboxylic acids is 2. The summed E-state index contributed by atoms with van der Waals surface area (Å²) in [5.41, 5.74) is -1.16. The molecule has 146 valence electrons. The van der Waals surface area contributed by atoms with Crippen LogP contribution in [0.25, 0.3) is 0 Å². The van der Waals surface area contributed by atoms with E-state index in [2.05, 4.69) is 5.32 Å². The molecule has 0 aliphatic carbocycles. The molecule has 2 N–H and O–H groups in total. The molecule has 2 amide bonds. The minimum absolute atomic E-state index is 0.0452. The Bertz CT molecular complexity index is 764. The molecule has 1 aromatic carbocycles. The topological polar surface area (TPSA) is 95.9 Å². The largest absolute Gasteiger partial charge is 0.481 e. The van der Waals surface area contributed by atoms with Crippen LogP contribution >= 0.6 is 0 Å². The molecule has 7 nitrogen and oxygen atoms in total. The van der Waals surface area contributed by atoms with Gasteiger partial charge in [-0.25, -0.2) is 8.78 Å². The molecule has 0 aromatic heterocycles. The first-order valence-corrected chi connectivity index (χ1v) is 8.67. The van der Waals surface area contributed by atoms with Gasteiger partial charge < -0.3 is 20.1 Å². The van der Waals surface area contributed by atoms with Crippen LogP contribution in [-0.4, -0.2) is 49.2 Å². The number of rotatable bonds is 5. The average molecular weight is 382 g/mol. The number of carboxylic acid groups (broad SMARTS) is 1. The zero-order valence-corrected chi connectivity index (χ0v) is 14.5. The van der Waals surface area contributed by atoms with Crippen molar-refractivity contribution in [1.82, 2.24) is 5.32 Å². The maximum Gasteiger partial charge on any atom is 0.311 e. The molecule has 0 bridgehead atoms. The normalized spacial score (nSPS) is 21.9. The number of ether oxygens (including phenoxy) is 1. The SMILES string of the molecule is O=C(NCC1(C(=O)O)CCOCC1)C1CC(=O)N(c2ccc(F)cc2F)C1. The van der Waals surface area contributed by atoms with E-state index < -0.39 is 40.8 Å². The number of carbonyl (C=O) groups is 3. The van der Waals surface area contributed by atoms with Crippen LogP contribution in [0.4, 0.5) is 14.5 Å². The Balaban J connectivity index is 1.64. The highest BCUT2D eigenvalue weighted by atomic mass is 19.1. The molecule has 27 heavy (non-hydrogen) atoms. The van der Waals surface area contributed by atoms with E-state index in [1.807, 2.05) is 0 Å². The second-order valence-electron chi connectivity index (χ2n) is 6.92. The molecular weight excluding hydrogens is 362 g/mol. The van der Waals surface area contributed by atoms with Gasteiger partial charge in [0.15, 0.2) is 0 Å². The van der Waals surface area contributed by atoms with Crippen molar-refractivity contribution in [2.75, 3.05) is 31.2 Å². The number of carboxylic acids is 1. The number of hydrogen-bond donors (Lipinski definition) is 2. The van der Waals surface area contributed by atoms with E-state index in [-0.39, 0.29) is 25.2 Å². The summed E-state index contributed by atoms with van der Waals surface area (Å²) in [5, 5.41) is 12.1. The summed E-state index contributed by atoms with van der Waals surface area (Å²) < 4.78 is 32.2. The Hall–Kier alpha value is -2.55. The maximum atomic E-state index is 13.9. The number of halogens is 2. The van der Waals surface area contributed by atoms with Crippen LogP contribution in [0.2, 0.25) is 0 Å². The summed E-state index contributed by atoms with van der Waals surface area (Å²) in [6, 6.07) is 2.88. The summed E-state index contributed by atoms with van der Waals surface area (Å²) in [5.74, 6) is -4.26. The minimum Gasteiger partial charge on any atom is -0.481 e. The fraction of sp³-hybridized carbons (Fsp3) is 0.500. The summed E-state index contributed by atoms with van der Waals surface area (Å²) >= 11 is 0.